The molecule has 0 saturated carbocycles. The van der Waals surface area contributed by atoms with Gasteiger partial charge in [-0.2, -0.15) is 5.10 Å². The minimum absolute atomic E-state index is 0.280. The largest absolute Gasteiger partial charge is 0.255 e. The van der Waals surface area contributed by atoms with Crippen molar-refractivity contribution in [3.63, 3.8) is 0 Å². The minimum Gasteiger partial charge on any atom is -0.255 e. The highest BCUT2D eigenvalue weighted by Crippen LogP contribution is 2.35. The number of para-hydroxylation sites is 1. The maximum atomic E-state index is 13.4. The van der Waals surface area contributed by atoms with Crippen LogP contribution in [0.4, 0.5) is 4.39 Å². The Morgan fingerprint density at radius 2 is 1.71 bits per heavy atom. The molecule has 2 heterocycles. The second-order valence-electron chi connectivity index (χ2n) is 6.76. The van der Waals surface area contributed by atoms with E-state index in [-0.39, 0.29) is 5.82 Å². The molecular formula is C23H15ClFN3. The van der Waals surface area contributed by atoms with E-state index in [1.807, 2.05) is 47.3 Å². The normalized spacial score (nSPS) is 11.4. The molecule has 2 aromatic heterocycles. The van der Waals surface area contributed by atoms with Crippen molar-refractivity contribution in [1.29, 1.82) is 0 Å². The number of hydrogen-bond acceptors (Lipinski definition) is 2. The lowest BCUT2D eigenvalue weighted by molar-refractivity contribution is 0.628. The molecule has 0 fully saturated rings. The number of halogens is 2. The van der Waals surface area contributed by atoms with Crippen LogP contribution >= 0.6 is 11.6 Å². The molecule has 136 valence electrons. The molecule has 0 aliphatic heterocycles. The van der Waals surface area contributed by atoms with E-state index in [2.05, 4.69) is 18.0 Å². The quantitative estimate of drug-likeness (QED) is 0.353. The minimum atomic E-state index is -0.280. The van der Waals surface area contributed by atoms with E-state index in [9.17, 15) is 4.39 Å². The van der Waals surface area contributed by atoms with Gasteiger partial charge in [-0.25, -0.2) is 9.07 Å². The maximum Gasteiger partial charge on any atom is 0.123 e. The zero-order valence-electron chi connectivity index (χ0n) is 15.0. The first-order chi connectivity index (χ1) is 13.6. The number of aromatic nitrogens is 3. The van der Waals surface area contributed by atoms with Crippen molar-refractivity contribution in [2.24, 2.45) is 0 Å². The van der Waals surface area contributed by atoms with Crippen molar-refractivity contribution >= 4 is 33.4 Å². The Balaban J connectivity index is 1.93. The highest BCUT2D eigenvalue weighted by Gasteiger charge is 2.18. The molecule has 0 saturated heterocycles. The van der Waals surface area contributed by atoms with Crippen molar-refractivity contribution < 1.29 is 4.39 Å². The summed E-state index contributed by atoms with van der Waals surface area (Å²) in [7, 11) is 0. The van der Waals surface area contributed by atoms with Gasteiger partial charge in [-0.15, -0.1) is 0 Å². The van der Waals surface area contributed by atoms with Gasteiger partial charge in [0, 0.05) is 22.5 Å². The molecular weight excluding hydrogens is 373 g/mol. The fraction of sp³-hybridized carbons (Fsp3) is 0.0435. The number of aryl methyl sites for hydroxylation is 1. The number of rotatable bonds is 2. The molecule has 0 N–H and O–H groups in total. The molecule has 0 unspecified atom stereocenters. The van der Waals surface area contributed by atoms with Gasteiger partial charge >= 0.3 is 0 Å². The number of benzene rings is 3. The predicted molar refractivity (Wildman–Crippen MR) is 112 cm³/mol. The molecule has 0 radical (unpaired) electrons. The molecule has 0 spiro atoms. The summed E-state index contributed by atoms with van der Waals surface area (Å²) < 4.78 is 15.3. The summed E-state index contributed by atoms with van der Waals surface area (Å²) >= 11 is 6.49. The van der Waals surface area contributed by atoms with Crippen molar-refractivity contribution in [1.82, 2.24) is 14.8 Å². The summed E-state index contributed by atoms with van der Waals surface area (Å²) in [6.45, 7) is 2.05. The van der Waals surface area contributed by atoms with Crippen molar-refractivity contribution in [2.45, 2.75) is 6.92 Å². The second kappa shape index (κ2) is 6.43. The molecule has 5 aromatic rings. The topological polar surface area (TPSA) is 30.7 Å². The number of nitrogens with zero attached hydrogens (tertiary/aromatic N) is 3. The molecule has 0 aliphatic rings. The first kappa shape index (κ1) is 16.9. The van der Waals surface area contributed by atoms with E-state index in [0.29, 0.717) is 5.02 Å². The highest BCUT2D eigenvalue weighted by molar-refractivity contribution is 6.32. The zero-order chi connectivity index (χ0) is 19.3. The third-order valence-electron chi connectivity index (χ3n) is 4.86. The first-order valence-corrected chi connectivity index (χ1v) is 9.28. The monoisotopic (exact) mass is 387 g/mol. The van der Waals surface area contributed by atoms with Gasteiger partial charge in [0.05, 0.1) is 21.7 Å². The first-order valence-electron chi connectivity index (χ1n) is 8.91. The summed E-state index contributed by atoms with van der Waals surface area (Å²) in [6.07, 6.45) is 1.83. The molecule has 3 nitrogen and oxygen atoms in total. The Labute approximate surface area is 166 Å². The van der Waals surface area contributed by atoms with Gasteiger partial charge in [0.1, 0.15) is 11.5 Å². The predicted octanol–water partition coefficient (Wildman–Crippen LogP) is 6.34. The van der Waals surface area contributed by atoms with E-state index < -0.39 is 0 Å². The van der Waals surface area contributed by atoms with Crippen LogP contribution in [0.15, 0.2) is 72.9 Å². The number of fused-ring (bicyclic) bond motifs is 3. The van der Waals surface area contributed by atoms with E-state index in [4.69, 9.17) is 16.7 Å². The lowest BCUT2D eigenvalue weighted by Gasteiger charge is -2.08. The Morgan fingerprint density at radius 1 is 0.929 bits per heavy atom. The summed E-state index contributed by atoms with van der Waals surface area (Å²) in [4.78, 5) is 4.62. The molecule has 0 bridgehead atoms. The van der Waals surface area contributed by atoms with Crippen LogP contribution in [-0.2, 0) is 0 Å². The Bertz CT molecular complexity index is 1340. The summed E-state index contributed by atoms with van der Waals surface area (Å²) in [5.74, 6) is -0.280. The lowest BCUT2D eigenvalue weighted by Crippen LogP contribution is -1.98. The third-order valence-corrected chi connectivity index (χ3v) is 5.18. The van der Waals surface area contributed by atoms with Crippen LogP contribution in [-0.4, -0.2) is 14.8 Å². The van der Waals surface area contributed by atoms with Crippen LogP contribution in [0.3, 0.4) is 0 Å². The molecule has 0 aliphatic carbocycles. The van der Waals surface area contributed by atoms with E-state index in [0.717, 1.165) is 44.3 Å². The zero-order valence-corrected chi connectivity index (χ0v) is 15.8. The van der Waals surface area contributed by atoms with Crippen LogP contribution < -0.4 is 0 Å². The lowest BCUT2D eigenvalue weighted by atomic mass is 10.1. The van der Waals surface area contributed by atoms with Crippen LogP contribution in [0.5, 0.6) is 0 Å². The standard InChI is InChI=1S/C23H15ClFN3/c1-14-6-11-20-17(12-14)23-18(13-26-20)22(15-7-9-16(25)10-8-15)27-28(23)21-5-3-2-4-19(21)24/h2-13H,1H3. The fourth-order valence-corrected chi connectivity index (χ4v) is 3.73. The van der Waals surface area contributed by atoms with Gasteiger partial charge in [0.15, 0.2) is 0 Å². The van der Waals surface area contributed by atoms with Crippen LogP contribution in [0.2, 0.25) is 5.02 Å². The SMILES string of the molecule is Cc1ccc2ncc3c(-c4ccc(F)cc4)nn(-c4ccccc4Cl)c3c2c1. The van der Waals surface area contributed by atoms with Crippen LogP contribution in [0.25, 0.3) is 38.8 Å². The van der Waals surface area contributed by atoms with Gasteiger partial charge < -0.3 is 0 Å². The van der Waals surface area contributed by atoms with Gasteiger partial charge in [0.25, 0.3) is 0 Å². The van der Waals surface area contributed by atoms with E-state index in [1.54, 1.807) is 12.1 Å². The Kier molecular flexibility index (Phi) is 3.88. The number of pyridine rings is 1. The fourth-order valence-electron chi connectivity index (χ4n) is 3.52. The van der Waals surface area contributed by atoms with Gasteiger partial charge in [-0.05, 0) is 55.5 Å². The highest BCUT2D eigenvalue weighted by atomic mass is 35.5. The second-order valence-corrected chi connectivity index (χ2v) is 7.17. The smallest absolute Gasteiger partial charge is 0.123 e. The van der Waals surface area contributed by atoms with Gasteiger partial charge in [-0.1, -0.05) is 35.4 Å². The molecule has 0 atom stereocenters. The molecule has 3 aromatic carbocycles. The van der Waals surface area contributed by atoms with Gasteiger partial charge in [-0.3, -0.25) is 4.98 Å². The van der Waals surface area contributed by atoms with Crippen molar-refractivity contribution in [3.05, 3.63) is 89.3 Å². The van der Waals surface area contributed by atoms with Gasteiger partial charge in [0.2, 0.25) is 0 Å². The Morgan fingerprint density at radius 3 is 2.50 bits per heavy atom. The molecule has 5 heteroatoms. The van der Waals surface area contributed by atoms with E-state index in [1.165, 1.54) is 12.1 Å². The van der Waals surface area contributed by atoms with Crippen molar-refractivity contribution in [3.8, 4) is 16.9 Å². The average molecular weight is 388 g/mol. The van der Waals surface area contributed by atoms with Crippen LogP contribution in [0, 0.1) is 12.7 Å². The van der Waals surface area contributed by atoms with Crippen molar-refractivity contribution in [2.75, 3.05) is 0 Å². The molecule has 28 heavy (non-hydrogen) atoms. The summed E-state index contributed by atoms with van der Waals surface area (Å²) in [6, 6.07) is 20.1. The molecule has 5 rings (SSSR count). The molecule has 0 amide bonds. The summed E-state index contributed by atoms with van der Waals surface area (Å²) in [5, 5.41) is 7.37. The average Bonchev–Trinajstić information content (AvgIpc) is 3.09. The van der Waals surface area contributed by atoms with E-state index >= 15 is 0 Å². The third kappa shape index (κ3) is 2.65. The summed E-state index contributed by atoms with van der Waals surface area (Å²) in [5.41, 5.74) is 5.31. The Hall–Kier alpha value is -3.24. The number of hydrogen-bond donors (Lipinski definition) is 0. The van der Waals surface area contributed by atoms with Crippen LogP contribution in [0.1, 0.15) is 5.56 Å². The maximum absolute atomic E-state index is 13.4.